The molecule has 4 aromatic rings. The number of aryl methyl sites for hydroxylation is 1. The first-order valence-electron chi connectivity index (χ1n) is 13.7. The Morgan fingerprint density at radius 1 is 1.05 bits per heavy atom. The molecule has 0 radical (unpaired) electrons. The Morgan fingerprint density at radius 2 is 1.83 bits per heavy atom. The van der Waals surface area contributed by atoms with Crippen LogP contribution in [-0.4, -0.2) is 47.5 Å². The van der Waals surface area contributed by atoms with Gasteiger partial charge in [-0.05, 0) is 56.5 Å². The predicted octanol–water partition coefficient (Wildman–Crippen LogP) is 3.22. The molecule has 10 heteroatoms. The molecule has 5 heterocycles. The van der Waals surface area contributed by atoms with Crippen molar-refractivity contribution >= 4 is 23.0 Å². The minimum absolute atomic E-state index is 0.00980. The lowest BCUT2D eigenvalue weighted by molar-refractivity contribution is -0.138. The van der Waals surface area contributed by atoms with Crippen molar-refractivity contribution in [3.8, 4) is 17.1 Å². The fourth-order valence-corrected chi connectivity index (χ4v) is 6.16. The average Bonchev–Trinajstić information content (AvgIpc) is 3.31. The molecule has 0 spiro atoms. The molecule has 6 rings (SSSR count). The van der Waals surface area contributed by atoms with Crippen LogP contribution in [0.5, 0.6) is 5.75 Å². The fourth-order valence-electron chi connectivity index (χ4n) is 6.16. The first-order chi connectivity index (χ1) is 19.7. The molecular weight excluding hydrogens is 526 g/mol. The van der Waals surface area contributed by atoms with Gasteiger partial charge in [0.1, 0.15) is 23.3 Å². The van der Waals surface area contributed by atoms with E-state index in [-0.39, 0.29) is 46.3 Å². The second-order valence-corrected chi connectivity index (χ2v) is 10.9. The number of benzene rings is 1. The number of piperidine rings is 1. The number of ether oxygens (including phenoxy) is 1. The molecule has 2 bridgehead atoms. The number of furan rings is 1. The van der Waals surface area contributed by atoms with E-state index in [4.69, 9.17) is 13.6 Å². The van der Waals surface area contributed by atoms with E-state index >= 15 is 0 Å². The normalized spacial score (nSPS) is 18.6. The summed E-state index contributed by atoms with van der Waals surface area (Å²) in [6.45, 7) is 4.95. The molecule has 0 unspecified atom stereocenters. The summed E-state index contributed by atoms with van der Waals surface area (Å²) in [5.41, 5.74) is 1.94. The highest BCUT2D eigenvalue weighted by Gasteiger charge is 2.37. The lowest BCUT2D eigenvalue weighted by atomic mass is 9.83. The summed E-state index contributed by atoms with van der Waals surface area (Å²) in [6.07, 6.45) is 0.778. The number of likely N-dealkylation sites (tertiary alicyclic amines) is 1. The van der Waals surface area contributed by atoms with Crippen molar-refractivity contribution in [2.24, 2.45) is 5.92 Å². The Hall–Kier alpha value is -4.60. The Bertz CT molecular complexity index is 1770. The Kier molecular flexibility index (Phi) is 6.76. The maximum atomic E-state index is 13.4. The quantitative estimate of drug-likeness (QED) is 0.386. The molecule has 0 aliphatic carbocycles. The highest BCUT2D eigenvalue weighted by atomic mass is 16.5. The van der Waals surface area contributed by atoms with Crippen molar-refractivity contribution in [3.05, 3.63) is 86.1 Å². The number of methoxy groups -OCH3 is 1. The van der Waals surface area contributed by atoms with Crippen LogP contribution in [0.4, 0.5) is 0 Å². The smallest absolute Gasteiger partial charge is 0.250 e. The molecule has 3 aromatic heterocycles. The van der Waals surface area contributed by atoms with Crippen LogP contribution in [0.15, 0.2) is 67.0 Å². The zero-order chi connectivity index (χ0) is 28.8. The molecule has 2 aliphatic rings. The molecule has 1 aromatic carbocycles. The Morgan fingerprint density at radius 3 is 2.59 bits per heavy atom. The van der Waals surface area contributed by atoms with E-state index in [0.29, 0.717) is 48.0 Å². The monoisotopic (exact) mass is 557 g/mol. The predicted molar refractivity (Wildman–Crippen MR) is 151 cm³/mol. The van der Waals surface area contributed by atoms with Crippen LogP contribution in [0.2, 0.25) is 0 Å². The van der Waals surface area contributed by atoms with E-state index in [9.17, 15) is 19.2 Å². The maximum absolute atomic E-state index is 13.4. The van der Waals surface area contributed by atoms with Gasteiger partial charge in [-0.1, -0.05) is 6.07 Å². The van der Waals surface area contributed by atoms with Gasteiger partial charge in [-0.2, -0.15) is 0 Å². The van der Waals surface area contributed by atoms with Gasteiger partial charge in [-0.15, -0.1) is 0 Å². The third-order valence-corrected chi connectivity index (χ3v) is 8.01. The van der Waals surface area contributed by atoms with Crippen LogP contribution in [-0.2, 0) is 22.6 Å². The van der Waals surface area contributed by atoms with Gasteiger partial charge >= 0.3 is 0 Å². The van der Waals surface area contributed by atoms with Gasteiger partial charge in [0.2, 0.25) is 22.8 Å². The molecule has 212 valence electrons. The van der Waals surface area contributed by atoms with Crippen molar-refractivity contribution in [1.29, 1.82) is 0 Å². The molecular formula is C31H31N3O7. The zero-order valence-corrected chi connectivity index (χ0v) is 23.1. The number of rotatable bonds is 6. The first-order valence-corrected chi connectivity index (χ1v) is 13.7. The highest BCUT2D eigenvalue weighted by Crippen LogP contribution is 2.36. The van der Waals surface area contributed by atoms with E-state index in [0.717, 1.165) is 12.1 Å². The number of carbonyl (C=O) groups is 2. The number of amides is 2. The molecule has 2 aliphatic heterocycles. The van der Waals surface area contributed by atoms with Crippen LogP contribution in [0.25, 0.3) is 22.5 Å². The zero-order valence-electron chi connectivity index (χ0n) is 23.1. The summed E-state index contributed by atoms with van der Waals surface area (Å²) in [5.74, 6) is 1.09. The summed E-state index contributed by atoms with van der Waals surface area (Å²) < 4.78 is 18.9. The fraction of sp³-hybridized carbons (Fsp3) is 0.355. The molecule has 2 amide bonds. The van der Waals surface area contributed by atoms with Gasteiger partial charge in [0, 0.05) is 48.9 Å². The van der Waals surface area contributed by atoms with E-state index in [1.807, 2.05) is 10.6 Å². The molecule has 0 saturated carbocycles. The summed E-state index contributed by atoms with van der Waals surface area (Å²) in [4.78, 5) is 53.5. The summed E-state index contributed by atoms with van der Waals surface area (Å²) in [7, 11) is 1.57. The third kappa shape index (κ3) is 4.94. The number of nitrogens with zero attached hydrogens (tertiary/aromatic N) is 2. The van der Waals surface area contributed by atoms with Gasteiger partial charge in [0.15, 0.2) is 5.58 Å². The number of hydrogen-bond acceptors (Lipinski definition) is 7. The SMILES string of the molecule is COc1ccc(-c2oc3c(=O)cc(C)oc3c2CC(=O)N[C@@H](C)C(=O)N2C[C@H]3C[C@@H](C2)c2cccc(=O)n2C3)cc1. The van der Waals surface area contributed by atoms with Crippen LogP contribution in [0.1, 0.15) is 36.3 Å². The third-order valence-electron chi connectivity index (χ3n) is 8.01. The molecule has 41 heavy (non-hydrogen) atoms. The summed E-state index contributed by atoms with van der Waals surface area (Å²) in [6, 6.07) is 12.9. The van der Waals surface area contributed by atoms with Crippen LogP contribution in [0, 0.1) is 12.8 Å². The molecule has 1 saturated heterocycles. The Labute approximate surface area is 235 Å². The largest absolute Gasteiger partial charge is 0.497 e. The van der Waals surface area contributed by atoms with Crippen LogP contribution in [0.3, 0.4) is 0 Å². The number of hydrogen-bond donors (Lipinski definition) is 1. The van der Waals surface area contributed by atoms with Crippen molar-refractivity contribution < 1.29 is 23.2 Å². The van der Waals surface area contributed by atoms with Crippen molar-refractivity contribution in [2.45, 2.75) is 45.2 Å². The standard InChI is InChI=1S/C31H31N3O7/c1-17-11-25(35)30-29(40-17)23(28(41-30)20-7-9-22(39-3)10-8-20)13-26(36)32-18(2)31(38)33-14-19-12-21(16-33)24-5-4-6-27(37)34(24)15-19/h4-11,18-19,21H,12-16H2,1-3H3,(H,32,36)/t18-,19+,21-/m0/s1. The summed E-state index contributed by atoms with van der Waals surface area (Å²) in [5, 5.41) is 2.83. The van der Waals surface area contributed by atoms with Gasteiger partial charge in [-0.3, -0.25) is 19.2 Å². The molecule has 10 nitrogen and oxygen atoms in total. The van der Waals surface area contributed by atoms with Crippen LogP contribution < -0.4 is 21.0 Å². The van der Waals surface area contributed by atoms with Gasteiger partial charge in [-0.25, -0.2) is 0 Å². The van der Waals surface area contributed by atoms with Gasteiger partial charge in [0.25, 0.3) is 5.56 Å². The Balaban J connectivity index is 1.22. The topological polar surface area (TPSA) is 124 Å². The minimum atomic E-state index is -0.768. The number of carbonyl (C=O) groups excluding carboxylic acids is 2. The molecule has 1 N–H and O–H groups in total. The highest BCUT2D eigenvalue weighted by molar-refractivity contribution is 5.92. The first kappa shape index (κ1) is 26.6. The van der Waals surface area contributed by atoms with Crippen LogP contribution >= 0.6 is 0 Å². The molecule has 1 fully saturated rings. The van der Waals surface area contributed by atoms with E-state index < -0.39 is 11.9 Å². The minimum Gasteiger partial charge on any atom is -0.497 e. The second-order valence-electron chi connectivity index (χ2n) is 10.9. The number of aromatic nitrogens is 1. The van der Waals surface area contributed by atoms with Crippen molar-refractivity contribution in [1.82, 2.24) is 14.8 Å². The van der Waals surface area contributed by atoms with Crippen molar-refractivity contribution in [3.63, 3.8) is 0 Å². The average molecular weight is 558 g/mol. The lowest BCUT2D eigenvalue weighted by Gasteiger charge is -2.43. The number of nitrogens with one attached hydrogen (secondary N) is 1. The second kappa shape index (κ2) is 10.4. The number of pyridine rings is 1. The molecule has 3 atom stereocenters. The number of fused-ring (bicyclic) bond motifs is 5. The maximum Gasteiger partial charge on any atom is 0.250 e. The van der Waals surface area contributed by atoms with E-state index in [2.05, 4.69) is 5.32 Å². The lowest BCUT2D eigenvalue weighted by Crippen LogP contribution is -2.54. The van der Waals surface area contributed by atoms with Gasteiger partial charge in [0.05, 0.1) is 19.1 Å². The summed E-state index contributed by atoms with van der Waals surface area (Å²) >= 11 is 0. The van der Waals surface area contributed by atoms with Gasteiger partial charge < -0.3 is 28.4 Å². The van der Waals surface area contributed by atoms with E-state index in [1.54, 1.807) is 62.3 Å². The van der Waals surface area contributed by atoms with E-state index in [1.165, 1.54) is 6.07 Å². The van der Waals surface area contributed by atoms with Crippen molar-refractivity contribution in [2.75, 3.05) is 20.2 Å².